The smallest absolute Gasteiger partial charge is 0.241 e. The monoisotopic (exact) mass is 291 g/mol. The second-order valence-corrected chi connectivity index (χ2v) is 6.68. The molecule has 1 rings (SSSR count). The highest BCUT2D eigenvalue weighted by Crippen LogP contribution is 2.20. The van der Waals surface area contributed by atoms with E-state index in [2.05, 4.69) is 4.72 Å². The molecule has 0 aliphatic carbocycles. The minimum atomic E-state index is -3.66. The minimum Gasteiger partial charge on any atom is -0.395 e. The lowest BCUT2D eigenvalue weighted by Gasteiger charge is -2.20. The molecule has 2 N–H and O–H groups in total. The Kier molecular flexibility index (Phi) is 5.16. The van der Waals surface area contributed by atoms with E-state index in [0.29, 0.717) is 10.6 Å². The van der Waals surface area contributed by atoms with Crippen LogP contribution in [-0.4, -0.2) is 26.2 Å². The number of aliphatic hydroxyl groups excluding tert-OH is 1. The summed E-state index contributed by atoms with van der Waals surface area (Å²) in [5.74, 6) is 0.00395. The van der Waals surface area contributed by atoms with Gasteiger partial charge in [-0.3, -0.25) is 0 Å². The molecule has 0 aromatic heterocycles. The molecule has 4 nitrogen and oxygen atoms in total. The van der Waals surface area contributed by atoms with Crippen molar-refractivity contribution in [3.05, 3.63) is 28.8 Å². The summed E-state index contributed by atoms with van der Waals surface area (Å²) in [6, 6.07) is 4.20. The van der Waals surface area contributed by atoms with E-state index in [4.69, 9.17) is 11.6 Å². The lowest BCUT2D eigenvalue weighted by molar-refractivity contribution is 0.227. The van der Waals surface area contributed by atoms with E-state index < -0.39 is 16.1 Å². The minimum absolute atomic E-state index is 0.00395. The molecule has 0 heterocycles. The zero-order chi connectivity index (χ0) is 13.9. The Hall–Kier alpha value is -0.620. The third-order valence-corrected chi connectivity index (χ3v) is 4.61. The standard InChI is InChI=1S/C12H18ClNO3S/c1-8(2)11(7-15)14-18(16,17)12-6-10(13)5-4-9(12)3/h4-6,8,11,14-15H,7H2,1-3H3. The number of aryl methyl sites for hydroxylation is 1. The number of benzene rings is 1. The number of rotatable bonds is 5. The average Bonchev–Trinajstić information content (AvgIpc) is 2.28. The van der Waals surface area contributed by atoms with Crippen LogP contribution in [0.5, 0.6) is 0 Å². The fourth-order valence-electron chi connectivity index (χ4n) is 1.51. The van der Waals surface area contributed by atoms with Gasteiger partial charge in [0.2, 0.25) is 10.0 Å². The van der Waals surface area contributed by atoms with Gasteiger partial charge in [0.1, 0.15) is 0 Å². The van der Waals surface area contributed by atoms with Gasteiger partial charge in [-0.15, -0.1) is 0 Å². The van der Waals surface area contributed by atoms with Gasteiger partial charge in [0, 0.05) is 11.1 Å². The van der Waals surface area contributed by atoms with Crippen molar-refractivity contribution in [3.63, 3.8) is 0 Å². The second-order valence-electron chi connectivity index (χ2n) is 4.56. The van der Waals surface area contributed by atoms with Crippen molar-refractivity contribution in [3.8, 4) is 0 Å². The largest absolute Gasteiger partial charge is 0.395 e. The molecule has 0 fully saturated rings. The topological polar surface area (TPSA) is 66.4 Å². The first kappa shape index (κ1) is 15.4. The Morgan fingerprint density at radius 1 is 1.39 bits per heavy atom. The van der Waals surface area contributed by atoms with Gasteiger partial charge in [-0.25, -0.2) is 13.1 Å². The van der Waals surface area contributed by atoms with Crippen LogP contribution in [0.1, 0.15) is 19.4 Å². The molecule has 0 aliphatic rings. The number of sulfonamides is 1. The van der Waals surface area contributed by atoms with Gasteiger partial charge in [-0.05, 0) is 30.5 Å². The van der Waals surface area contributed by atoms with E-state index in [1.165, 1.54) is 6.07 Å². The highest BCUT2D eigenvalue weighted by atomic mass is 35.5. The van der Waals surface area contributed by atoms with Crippen LogP contribution in [0, 0.1) is 12.8 Å². The summed E-state index contributed by atoms with van der Waals surface area (Å²) in [6.45, 7) is 5.15. The molecular formula is C12H18ClNO3S. The summed E-state index contributed by atoms with van der Waals surface area (Å²) in [5, 5.41) is 9.54. The van der Waals surface area contributed by atoms with Crippen molar-refractivity contribution >= 4 is 21.6 Å². The predicted octanol–water partition coefficient (Wildman–Crippen LogP) is 1.94. The number of hydrogen-bond donors (Lipinski definition) is 2. The van der Waals surface area contributed by atoms with Crippen molar-refractivity contribution in [2.75, 3.05) is 6.61 Å². The van der Waals surface area contributed by atoms with Gasteiger partial charge in [0.05, 0.1) is 11.5 Å². The highest BCUT2D eigenvalue weighted by Gasteiger charge is 2.23. The summed E-state index contributed by atoms with van der Waals surface area (Å²) in [4.78, 5) is 0.147. The molecule has 1 aromatic rings. The lowest BCUT2D eigenvalue weighted by Crippen LogP contribution is -2.41. The second kappa shape index (κ2) is 6.02. The average molecular weight is 292 g/mol. The summed E-state index contributed by atoms with van der Waals surface area (Å²) in [7, 11) is -3.66. The molecule has 18 heavy (non-hydrogen) atoms. The number of halogens is 1. The molecule has 0 bridgehead atoms. The third kappa shape index (κ3) is 3.68. The van der Waals surface area contributed by atoms with Crippen molar-refractivity contribution < 1.29 is 13.5 Å². The van der Waals surface area contributed by atoms with E-state index >= 15 is 0 Å². The molecule has 0 amide bonds. The Labute approximate surface area is 113 Å². The Balaban J connectivity index is 3.10. The molecule has 1 aromatic carbocycles. The molecule has 0 saturated carbocycles. The Bertz CT molecular complexity index is 514. The normalized spacial score (nSPS) is 13.9. The lowest BCUT2D eigenvalue weighted by atomic mass is 10.1. The SMILES string of the molecule is Cc1ccc(Cl)cc1S(=O)(=O)NC(CO)C(C)C. The van der Waals surface area contributed by atoms with Gasteiger partial charge in [-0.2, -0.15) is 0 Å². The van der Waals surface area contributed by atoms with Gasteiger partial charge < -0.3 is 5.11 Å². The van der Waals surface area contributed by atoms with Gasteiger partial charge in [0.25, 0.3) is 0 Å². The summed E-state index contributed by atoms with van der Waals surface area (Å²) in [5.41, 5.74) is 0.618. The first-order chi connectivity index (χ1) is 8.27. The maximum Gasteiger partial charge on any atom is 0.241 e. The zero-order valence-electron chi connectivity index (χ0n) is 10.6. The number of hydrogen-bond acceptors (Lipinski definition) is 3. The van der Waals surface area contributed by atoms with Crippen molar-refractivity contribution in [2.24, 2.45) is 5.92 Å². The van der Waals surface area contributed by atoms with Crippen LogP contribution in [0.2, 0.25) is 5.02 Å². The fraction of sp³-hybridized carbons (Fsp3) is 0.500. The van der Waals surface area contributed by atoms with Crippen molar-refractivity contribution in [2.45, 2.75) is 31.7 Å². The van der Waals surface area contributed by atoms with Crippen LogP contribution in [0.3, 0.4) is 0 Å². The van der Waals surface area contributed by atoms with E-state index in [1.54, 1.807) is 19.1 Å². The molecule has 102 valence electrons. The first-order valence-electron chi connectivity index (χ1n) is 5.67. The number of nitrogens with one attached hydrogen (secondary N) is 1. The van der Waals surface area contributed by atoms with Gasteiger partial charge in [0.15, 0.2) is 0 Å². The van der Waals surface area contributed by atoms with Crippen LogP contribution < -0.4 is 4.72 Å². The molecule has 0 saturated heterocycles. The van der Waals surface area contributed by atoms with Gasteiger partial charge in [-0.1, -0.05) is 31.5 Å². The maximum atomic E-state index is 12.2. The van der Waals surface area contributed by atoms with Crippen LogP contribution >= 0.6 is 11.6 Å². The summed E-state index contributed by atoms with van der Waals surface area (Å²) in [6.07, 6.45) is 0. The Morgan fingerprint density at radius 2 is 2.00 bits per heavy atom. The molecule has 0 aliphatic heterocycles. The van der Waals surface area contributed by atoms with Crippen LogP contribution in [-0.2, 0) is 10.0 Å². The van der Waals surface area contributed by atoms with Crippen LogP contribution in [0.25, 0.3) is 0 Å². The van der Waals surface area contributed by atoms with E-state index in [0.717, 1.165) is 0 Å². The molecule has 0 radical (unpaired) electrons. The van der Waals surface area contributed by atoms with E-state index in [9.17, 15) is 13.5 Å². The first-order valence-corrected chi connectivity index (χ1v) is 7.53. The zero-order valence-corrected chi connectivity index (χ0v) is 12.2. The molecule has 6 heteroatoms. The van der Waals surface area contributed by atoms with Crippen LogP contribution in [0.15, 0.2) is 23.1 Å². The predicted molar refractivity (Wildman–Crippen MR) is 72.2 cm³/mol. The molecule has 1 unspecified atom stereocenters. The van der Waals surface area contributed by atoms with Crippen molar-refractivity contribution in [1.29, 1.82) is 0 Å². The van der Waals surface area contributed by atoms with E-state index in [-0.39, 0.29) is 17.4 Å². The fourth-order valence-corrected chi connectivity index (χ4v) is 3.39. The third-order valence-electron chi connectivity index (χ3n) is 2.75. The van der Waals surface area contributed by atoms with E-state index in [1.807, 2.05) is 13.8 Å². The highest BCUT2D eigenvalue weighted by molar-refractivity contribution is 7.89. The molecular weight excluding hydrogens is 274 g/mol. The van der Waals surface area contributed by atoms with Crippen LogP contribution in [0.4, 0.5) is 0 Å². The van der Waals surface area contributed by atoms with Crippen molar-refractivity contribution in [1.82, 2.24) is 4.72 Å². The maximum absolute atomic E-state index is 12.2. The quantitative estimate of drug-likeness (QED) is 0.871. The molecule has 0 spiro atoms. The molecule has 1 atom stereocenters. The Morgan fingerprint density at radius 3 is 2.50 bits per heavy atom. The summed E-state index contributed by atoms with van der Waals surface area (Å²) < 4.78 is 26.9. The number of aliphatic hydroxyl groups is 1. The summed E-state index contributed by atoms with van der Waals surface area (Å²) >= 11 is 5.81. The van der Waals surface area contributed by atoms with Gasteiger partial charge >= 0.3 is 0 Å².